The van der Waals surface area contributed by atoms with Gasteiger partial charge in [0.2, 0.25) is 0 Å². The van der Waals surface area contributed by atoms with Crippen molar-refractivity contribution in [3.63, 3.8) is 0 Å². The van der Waals surface area contributed by atoms with E-state index in [1.165, 1.54) is 0 Å². The molecule has 0 radical (unpaired) electrons. The molecule has 4 nitrogen and oxygen atoms in total. The molecule has 5 heteroatoms. The van der Waals surface area contributed by atoms with Gasteiger partial charge in [0, 0.05) is 23.2 Å². The van der Waals surface area contributed by atoms with Crippen LogP contribution in [0.25, 0.3) is 22.2 Å². The number of H-pyrrole nitrogens is 1. The van der Waals surface area contributed by atoms with Crippen molar-refractivity contribution in [2.75, 3.05) is 5.73 Å². The van der Waals surface area contributed by atoms with Crippen LogP contribution in [0, 0.1) is 0 Å². The van der Waals surface area contributed by atoms with E-state index in [0.717, 1.165) is 22.2 Å². The van der Waals surface area contributed by atoms with Gasteiger partial charge in [-0.15, -0.1) is 0 Å². The normalized spacial score (nSPS) is 10.9. The fourth-order valence-electron chi connectivity index (χ4n) is 1.84. The number of fused-ring (bicyclic) bond motifs is 1. The van der Waals surface area contributed by atoms with E-state index >= 15 is 0 Å². The summed E-state index contributed by atoms with van der Waals surface area (Å²) in [5.74, 6) is 0.434. The first-order valence-corrected chi connectivity index (χ1v) is 5.48. The number of hydrogen-bond donors (Lipinski definition) is 2. The minimum absolute atomic E-state index is 0.434. The fraction of sp³-hybridized carbons (Fsp3) is 0. The van der Waals surface area contributed by atoms with E-state index in [2.05, 4.69) is 15.2 Å². The Morgan fingerprint density at radius 3 is 2.88 bits per heavy atom. The Hall–Kier alpha value is -2.07. The lowest BCUT2D eigenvalue weighted by Gasteiger charge is -2.05. The van der Waals surface area contributed by atoms with Gasteiger partial charge < -0.3 is 5.73 Å². The second-order valence-corrected chi connectivity index (χ2v) is 4.11. The van der Waals surface area contributed by atoms with E-state index in [1.54, 1.807) is 12.3 Å². The molecule has 3 N–H and O–H groups in total. The molecular formula is C12H9ClN4. The van der Waals surface area contributed by atoms with Crippen molar-refractivity contribution >= 4 is 28.3 Å². The molecule has 84 valence electrons. The van der Waals surface area contributed by atoms with Crippen LogP contribution in [0.3, 0.4) is 0 Å². The average Bonchev–Trinajstić information content (AvgIpc) is 2.75. The van der Waals surface area contributed by atoms with Crippen LogP contribution in [0.1, 0.15) is 0 Å². The molecular weight excluding hydrogens is 236 g/mol. The highest BCUT2D eigenvalue weighted by molar-refractivity contribution is 6.34. The summed E-state index contributed by atoms with van der Waals surface area (Å²) in [4.78, 5) is 4.35. The zero-order valence-electron chi connectivity index (χ0n) is 8.81. The molecule has 0 spiro atoms. The number of aromatic amines is 1. The molecule has 2 heterocycles. The highest BCUT2D eigenvalue weighted by atomic mass is 35.5. The van der Waals surface area contributed by atoms with E-state index in [1.807, 2.05) is 24.3 Å². The number of nitrogen functional groups attached to an aromatic ring is 1. The third-order valence-electron chi connectivity index (χ3n) is 2.59. The summed E-state index contributed by atoms with van der Waals surface area (Å²) < 4.78 is 0. The number of pyridine rings is 1. The van der Waals surface area contributed by atoms with Crippen LogP contribution in [-0.4, -0.2) is 15.2 Å². The van der Waals surface area contributed by atoms with Crippen LogP contribution in [-0.2, 0) is 0 Å². The summed E-state index contributed by atoms with van der Waals surface area (Å²) in [6.45, 7) is 0. The van der Waals surface area contributed by atoms with Crippen LogP contribution in [0.15, 0.2) is 36.5 Å². The zero-order chi connectivity index (χ0) is 11.8. The lowest BCUT2D eigenvalue weighted by atomic mass is 10.1. The molecule has 1 aromatic carbocycles. The summed E-state index contributed by atoms with van der Waals surface area (Å²) in [6, 6.07) is 9.41. The molecule has 0 aliphatic carbocycles. The van der Waals surface area contributed by atoms with Crippen molar-refractivity contribution in [3.05, 3.63) is 41.6 Å². The van der Waals surface area contributed by atoms with Crippen LogP contribution < -0.4 is 5.73 Å². The minimum Gasteiger partial charge on any atom is -0.382 e. The van der Waals surface area contributed by atoms with E-state index in [4.69, 9.17) is 17.3 Å². The molecule has 3 aromatic rings. The number of nitrogens with two attached hydrogens (primary N) is 1. The largest absolute Gasteiger partial charge is 0.382 e. The van der Waals surface area contributed by atoms with E-state index in [9.17, 15) is 0 Å². The van der Waals surface area contributed by atoms with Crippen LogP contribution in [0.5, 0.6) is 0 Å². The van der Waals surface area contributed by atoms with Crippen molar-refractivity contribution in [3.8, 4) is 11.3 Å². The highest BCUT2D eigenvalue weighted by Gasteiger charge is 2.11. The maximum Gasteiger partial charge on any atom is 0.145 e. The summed E-state index contributed by atoms with van der Waals surface area (Å²) in [7, 11) is 0. The molecule has 0 amide bonds. The Balaban J connectivity index is 2.38. The molecule has 0 fully saturated rings. The number of aromatic nitrogens is 3. The van der Waals surface area contributed by atoms with Crippen LogP contribution in [0.2, 0.25) is 5.02 Å². The second-order valence-electron chi connectivity index (χ2n) is 3.70. The monoisotopic (exact) mass is 244 g/mol. The standard InChI is InChI=1S/C12H9ClN4/c13-8-4-3-7-2-1-5-15-12(7)11(8)9-6-10(14)17-16-9/h1-6H,(H3,14,16,17). The molecule has 0 aliphatic heterocycles. The summed E-state index contributed by atoms with van der Waals surface area (Å²) in [5, 5.41) is 8.42. The van der Waals surface area contributed by atoms with Gasteiger partial charge in [-0.1, -0.05) is 23.7 Å². The Kier molecular flexibility index (Phi) is 2.23. The summed E-state index contributed by atoms with van der Waals surface area (Å²) in [5.41, 5.74) is 8.04. The number of halogens is 1. The van der Waals surface area contributed by atoms with Gasteiger partial charge in [0.15, 0.2) is 0 Å². The molecule has 2 aromatic heterocycles. The molecule has 3 rings (SSSR count). The van der Waals surface area contributed by atoms with Crippen molar-refractivity contribution in [2.24, 2.45) is 0 Å². The van der Waals surface area contributed by atoms with Crippen molar-refractivity contribution < 1.29 is 0 Å². The highest BCUT2D eigenvalue weighted by Crippen LogP contribution is 2.33. The van der Waals surface area contributed by atoms with Gasteiger partial charge >= 0.3 is 0 Å². The summed E-state index contributed by atoms with van der Waals surface area (Å²) >= 11 is 6.22. The number of nitrogens with one attached hydrogen (secondary N) is 1. The lowest BCUT2D eigenvalue weighted by Crippen LogP contribution is -1.86. The quantitative estimate of drug-likeness (QED) is 0.692. The van der Waals surface area contributed by atoms with Gasteiger partial charge in [-0.3, -0.25) is 10.1 Å². The fourth-order valence-corrected chi connectivity index (χ4v) is 2.10. The smallest absolute Gasteiger partial charge is 0.145 e. The van der Waals surface area contributed by atoms with Gasteiger partial charge in [-0.2, -0.15) is 5.10 Å². The number of hydrogen-bond acceptors (Lipinski definition) is 3. The molecule has 0 aliphatic rings. The Bertz CT molecular complexity index is 690. The first-order chi connectivity index (χ1) is 8.25. The maximum atomic E-state index is 6.22. The van der Waals surface area contributed by atoms with Gasteiger partial charge in [0.1, 0.15) is 5.82 Å². The number of anilines is 1. The maximum absolute atomic E-state index is 6.22. The molecule has 0 atom stereocenters. The summed E-state index contributed by atoms with van der Waals surface area (Å²) in [6.07, 6.45) is 1.74. The minimum atomic E-state index is 0.434. The molecule has 17 heavy (non-hydrogen) atoms. The first kappa shape index (κ1) is 10.1. The topological polar surface area (TPSA) is 67.6 Å². The van der Waals surface area contributed by atoms with Crippen molar-refractivity contribution in [1.29, 1.82) is 0 Å². The second kappa shape index (κ2) is 3.75. The van der Waals surface area contributed by atoms with Crippen molar-refractivity contribution in [2.45, 2.75) is 0 Å². The van der Waals surface area contributed by atoms with E-state index in [-0.39, 0.29) is 0 Å². The predicted octanol–water partition coefficient (Wildman–Crippen LogP) is 2.86. The molecule has 0 bridgehead atoms. The van der Waals surface area contributed by atoms with Gasteiger partial charge in [-0.25, -0.2) is 0 Å². The van der Waals surface area contributed by atoms with E-state index < -0.39 is 0 Å². The van der Waals surface area contributed by atoms with Crippen molar-refractivity contribution in [1.82, 2.24) is 15.2 Å². The lowest BCUT2D eigenvalue weighted by molar-refractivity contribution is 1.10. The predicted molar refractivity (Wildman–Crippen MR) is 68.7 cm³/mol. The zero-order valence-corrected chi connectivity index (χ0v) is 9.57. The Morgan fingerprint density at radius 1 is 1.24 bits per heavy atom. The van der Waals surface area contributed by atoms with Crippen LogP contribution in [0.4, 0.5) is 5.82 Å². The molecule has 0 unspecified atom stereocenters. The van der Waals surface area contributed by atoms with Gasteiger partial charge in [0.05, 0.1) is 16.2 Å². The number of nitrogens with zero attached hydrogens (tertiary/aromatic N) is 2. The Morgan fingerprint density at radius 2 is 2.12 bits per heavy atom. The van der Waals surface area contributed by atoms with Crippen LogP contribution >= 0.6 is 11.6 Å². The number of benzene rings is 1. The third-order valence-corrected chi connectivity index (χ3v) is 2.91. The Labute approximate surface area is 102 Å². The van der Waals surface area contributed by atoms with E-state index in [0.29, 0.717) is 10.8 Å². The SMILES string of the molecule is Nc1cc(-c2c(Cl)ccc3cccnc23)[nH]n1. The molecule has 0 saturated heterocycles. The average molecular weight is 245 g/mol. The molecule has 0 saturated carbocycles. The first-order valence-electron chi connectivity index (χ1n) is 5.10. The number of rotatable bonds is 1. The third kappa shape index (κ3) is 1.62. The van der Waals surface area contributed by atoms with Gasteiger partial charge in [0.25, 0.3) is 0 Å². The van der Waals surface area contributed by atoms with Gasteiger partial charge in [-0.05, 0) is 12.1 Å².